The summed E-state index contributed by atoms with van der Waals surface area (Å²) in [5, 5.41) is 3.19. The number of hydrogen-bond acceptors (Lipinski definition) is 5. The van der Waals surface area contributed by atoms with Crippen LogP contribution in [0.3, 0.4) is 0 Å². The first-order valence-electron chi connectivity index (χ1n) is 7.10. The van der Waals surface area contributed by atoms with Crippen LogP contribution in [0.15, 0.2) is 18.3 Å². The number of pyridine rings is 1. The van der Waals surface area contributed by atoms with Crippen LogP contribution in [-0.2, 0) is 9.84 Å². The molecule has 0 aromatic carbocycles. The summed E-state index contributed by atoms with van der Waals surface area (Å²) in [4.78, 5) is 18.0. The van der Waals surface area contributed by atoms with Crippen LogP contribution in [0.1, 0.15) is 30.3 Å². The summed E-state index contributed by atoms with van der Waals surface area (Å²) < 4.78 is 23.0. The average Bonchev–Trinajstić information content (AvgIpc) is 2.84. The number of hydrogen-bond donors (Lipinski definition) is 1. The van der Waals surface area contributed by atoms with Crippen LogP contribution in [0.4, 0.5) is 5.69 Å². The highest BCUT2D eigenvalue weighted by Crippen LogP contribution is 2.18. The summed E-state index contributed by atoms with van der Waals surface area (Å²) in [5.74, 6) is -0.0346. The van der Waals surface area contributed by atoms with Gasteiger partial charge in [-0.05, 0) is 25.0 Å². The van der Waals surface area contributed by atoms with Crippen LogP contribution in [0, 0.1) is 0 Å². The maximum Gasteiger partial charge on any atom is 0.272 e. The van der Waals surface area contributed by atoms with Crippen molar-refractivity contribution in [3.63, 3.8) is 0 Å². The van der Waals surface area contributed by atoms with E-state index in [2.05, 4.69) is 17.2 Å². The molecule has 1 aromatic heterocycles. The summed E-state index contributed by atoms with van der Waals surface area (Å²) in [6, 6.07) is 3.23. The predicted octanol–water partition coefficient (Wildman–Crippen LogP) is 1.16. The lowest BCUT2D eigenvalue weighted by molar-refractivity contribution is 0.0742. The van der Waals surface area contributed by atoms with Gasteiger partial charge < -0.3 is 10.2 Å². The number of nitrogens with zero attached hydrogens (tertiary/aromatic N) is 2. The molecule has 1 N–H and O–H groups in total. The van der Waals surface area contributed by atoms with E-state index < -0.39 is 9.84 Å². The van der Waals surface area contributed by atoms with Crippen LogP contribution in [0.2, 0.25) is 0 Å². The second-order valence-electron chi connectivity index (χ2n) is 5.33. The Morgan fingerprint density at radius 2 is 2.24 bits per heavy atom. The standard InChI is InChI=1S/C14H21N3O3S/c1-3-7-15-11-4-5-13(16-9-11)14(18)17(2)12-6-8-21(19,20)10-12/h4-5,9,12,15H,3,6-8,10H2,1-2H3. The number of aromatic nitrogens is 1. The van der Waals surface area contributed by atoms with E-state index in [1.54, 1.807) is 19.3 Å². The van der Waals surface area contributed by atoms with Crippen molar-refractivity contribution >= 4 is 21.4 Å². The zero-order chi connectivity index (χ0) is 15.5. The van der Waals surface area contributed by atoms with E-state index in [1.807, 2.05) is 6.07 Å². The average molecular weight is 311 g/mol. The third-order valence-corrected chi connectivity index (χ3v) is 5.39. The Balaban J connectivity index is 2.02. The number of sulfone groups is 1. The van der Waals surface area contributed by atoms with Crippen molar-refractivity contribution in [3.05, 3.63) is 24.0 Å². The Bertz CT molecular complexity index is 598. The van der Waals surface area contributed by atoms with Gasteiger partial charge in [-0.3, -0.25) is 4.79 Å². The molecular formula is C14H21N3O3S. The van der Waals surface area contributed by atoms with Crippen molar-refractivity contribution in [2.45, 2.75) is 25.8 Å². The normalized spacial score (nSPS) is 20.2. The van der Waals surface area contributed by atoms with E-state index in [0.29, 0.717) is 12.1 Å². The highest BCUT2D eigenvalue weighted by atomic mass is 32.2. The van der Waals surface area contributed by atoms with Crippen LogP contribution < -0.4 is 5.32 Å². The van der Waals surface area contributed by atoms with Crippen molar-refractivity contribution < 1.29 is 13.2 Å². The molecule has 0 saturated carbocycles. The Kier molecular flexibility index (Phi) is 4.82. The summed E-state index contributed by atoms with van der Waals surface area (Å²) in [6.07, 6.45) is 3.14. The van der Waals surface area contributed by atoms with Gasteiger partial charge in [0.15, 0.2) is 9.84 Å². The van der Waals surface area contributed by atoms with E-state index in [9.17, 15) is 13.2 Å². The minimum Gasteiger partial charge on any atom is -0.384 e. The minimum atomic E-state index is -3.00. The van der Waals surface area contributed by atoms with Crippen molar-refractivity contribution in [3.8, 4) is 0 Å². The first-order chi connectivity index (χ1) is 9.93. The number of carbonyl (C=O) groups excluding carboxylic acids is 1. The molecule has 0 spiro atoms. The van der Waals surface area contributed by atoms with Gasteiger partial charge in [-0.25, -0.2) is 13.4 Å². The highest BCUT2D eigenvalue weighted by Gasteiger charge is 2.33. The van der Waals surface area contributed by atoms with Gasteiger partial charge in [-0.1, -0.05) is 6.92 Å². The predicted molar refractivity (Wildman–Crippen MR) is 82.2 cm³/mol. The number of amides is 1. The van der Waals surface area contributed by atoms with E-state index in [1.165, 1.54) is 4.90 Å². The van der Waals surface area contributed by atoms with Gasteiger partial charge in [0, 0.05) is 19.6 Å². The molecular weight excluding hydrogens is 290 g/mol. The molecule has 1 atom stereocenters. The molecule has 0 aliphatic carbocycles. The van der Waals surface area contributed by atoms with E-state index in [-0.39, 0.29) is 23.5 Å². The number of anilines is 1. The summed E-state index contributed by atoms with van der Waals surface area (Å²) in [6.45, 7) is 2.93. The van der Waals surface area contributed by atoms with Gasteiger partial charge in [0.25, 0.3) is 5.91 Å². The van der Waals surface area contributed by atoms with E-state index >= 15 is 0 Å². The molecule has 0 radical (unpaired) electrons. The quantitative estimate of drug-likeness (QED) is 0.883. The van der Waals surface area contributed by atoms with E-state index in [0.717, 1.165) is 18.7 Å². The fourth-order valence-corrected chi connectivity index (χ4v) is 4.10. The number of nitrogens with one attached hydrogen (secondary N) is 1. The minimum absolute atomic E-state index is 0.0470. The molecule has 1 unspecified atom stereocenters. The first-order valence-corrected chi connectivity index (χ1v) is 8.92. The van der Waals surface area contributed by atoms with Gasteiger partial charge in [0.1, 0.15) is 5.69 Å². The fourth-order valence-electron chi connectivity index (χ4n) is 2.32. The first kappa shape index (κ1) is 15.8. The molecule has 2 heterocycles. The summed E-state index contributed by atoms with van der Waals surface area (Å²) >= 11 is 0. The molecule has 1 saturated heterocycles. The summed E-state index contributed by atoms with van der Waals surface area (Å²) in [5.41, 5.74) is 1.21. The van der Waals surface area contributed by atoms with Crippen LogP contribution >= 0.6 is 0 Å². The third kappa shape index (κ3) is 3.93. The Hall–Kier alpha value is -1.63. The van der Waals surface area contributed by atoms with Crippen molar-refractivity contribution in [2.24, 2.45) is 0 Å². The zero-order valence-corrected chi connectivity index (χ0v) is 13.2. The van der Waals surface area contributed by atoms with E-state index in [4.69, 9.17) is 0 Å². The van der Waals surface area contributed by atoms with Gasteiger partial charge in [-0.2, -0.15) is 0 Å². The zero-order valence-electron chi connectivity index (χ0n) is 12.4. The lowest BCUT2D eigenvalue weighted by Gasteiger charge is -2.23. The largest absolute Gasteiger partial charge is 0.384 e. The van der Waals surface area contributed by atoms with Crippen LogP contribution in [0.5, 0.6) is 0 Å². The molecule has 7 heteroatoms. The smallest absolute Gasteiger partial charge is 0.272 e. The van der Waals surface area contributed by atoms with Crippen molar-refractivity contribution in [2.75, 3.05) is 30.4 Å². The second kappa shape index (κ2) is 6.43. The van der Waals surface area contributed by atoms with Crippen LogP contribution in [0.25, 0.3) is 0 Å². The van der Waals surface area contributed by atoms with Gasteiger partial charge in [-0.15, -0.1) is 0 Å². The number of carbonyl (C=O) groups is 1. The lowest BCUT2D eigenvalue weighted by atomic mass is 10.2. The fraction of sp³-hybridized carbons (Fsp3) is 0.571. The van der Waals surface area contributed by atoms with Crippen molar-refractivity contribution in [1.29, 1.82) is 0 Å². The molecule has 21 heavy (non-hydrogen) atoms. The topological polar surface area (TPSA) is 79.4 Å². The molecule has 0 bridgehead atoms. The molecule has 6 nitrogen and oxygen atoms in total. The van der Waals surface area contributed by atoms with Crippen molar-refractivity contribution in [1.82, 2.24) is 9.88 Å². The molecule has 116 valence electrons. The Morgan fingerprint density at radius 1 is 1.48 bits per heavy atom. The van der Waals surface area contributed by atoms with Gasteiger partial charge >= 0.3 is 0 Å². The molecule has 2 rings (SSSR count). The lowest BCUT2D eigenvalue weighted by Crippen LogP contribution is -2.38. The molecule has 1 amide bonds. The molecule has 1 fully saturated rings. The highest BCUT2D eigenvalue weighted by molar-refractivity contribution is 7.91. The summed E-state index contributed by atoms with van der Waals surface area (Å²) in [7, 11) is -1.36. The SMILES string of the molecule is CCCNc1ccc(C(=O)N(C)C2CCS(=O)(=O)C2)nc1. The maximum atomic E-state index is 12.3. The molecule has 1 aliphatic heterocycles. The third-order valence-electron chi connectivity index (χ3n) is 3.64. The Labute approximate surface area is 125 Å². The number of rotatable bonds is 5. The molecule has 1 aliphatic rings. The Morgan fingerprint density at radius 3 is 2.76 bits per heavy atom. The van der Waals surface area contributed by atoms with Gasteiger partial charge in [0.2, 0.25) is 0 Å². The maximum absolute atomic E-state index is 12.3. The monoisotopic (exact) mass is 311 g/mol. The molecule has 1 aromatic rings. The van der Waals surface area contributed by atoms with Crippen LogP contribution in [-0.4, -0.2) is 55.3 Å². The second-order valence-corrected chi connectivity index (χ2v) is 7.56. The van der Waals surface area contributed by atoms with Gasteiger partial charge in [0.05, 0.1) is 23.4 Å².